The average molecular weight is 315 g/mol. The summed E-state index contributed by atoms with van der Waals surface area (Å²) in [7, 11) is 0. The number of pyridine rings is 1. The average Bonchev–Trinajstić information content (AvgIpc) is 2.01. The van der Waals surface area contributed by atoms with Gasteiger partial charge in [-0.25, -0.2) is 4.98 Å². The Hall–Kier alpha value is -0.330. The first-order valence-corrected chi connectivity index (χ1v) is 5.03. The molecule has 0 aliphatic carbocycles. The fourth-order valence-electron chi connectivity index (χ4n) is 0.924. The smallest absolute Gasteiger partial charge is 0.247 e. The molecule has 5 heteroatoms. The van der Waals surface area contributed by atoms with Crippen molar-refractivity contribution < 1.29 is 13.2 Å². The minimum Gasteiger partial charge on any atom is -0.247 e. The molecule has 0 fully saturated rings. The molecule has 78 valence electrons. The van der Waals surface area contributed by atoms with Crippen molar-refractivity contribution >= 4 is 22.6 Å². The number of alkyl halides is 4. The Kier molecular flexibility index (Phi) is 3.08. The Morgan fingerprint density at radius 1 is 1.14 bits per heavy atom. The summed E-state index contributed by atoms with van der Waals surface area (Å²) in [4.78, 5) is 3.58. The van der Waals surface area contributed by atoms with Crippen molar-refractivity contribution in [1.82, 2.24) is 4.98 Å². The summed E-state index contributed by atoms with van der Waals surface area (Å²) in [6.45, 7) is 3.63. The molecule has 1 aromatic rings. The summed E-state index contributed by atoms with van der Waals surface area (Å²) in [6.07, 6.45) is -4.36. The fourth-order valence-corrected chi connectivity index (χ4v) is 1.22. The van der Waals surface area contributed by atoms with Gasteiger partial charge in [0, 0.05) is 0 Å². The third kappa shape index (κ3) is 2.83. The summed E-state index contributed by atoms with van der Waals surface area (Å²) in [5, 5.41) is 0. The third-order valence-electron chi connectivity index (χ3n) is 1.65. The number of halogens is 4. The van der Waals surface area contributed by atoms with E-state index in [2.05, 4.69) is 27.6 Å². The largest absolute Gasteiger partial charge is 0.433 e. The molecule has 0 saturated carbocycles. The Balaban J connectivity index is 3.15. The predicted molar refractivity (Wildman–Crippen MR) is 56.3 cm³/mol. The van der Waals surface area contributed by atoms with Crippen LogP contribution in [0.5, 0.6) is 0 Å². The van der Waals surface area contributed by atoms with E-state index in [0.717, 1.165) is 6.07 Å². The van der Waals surface area contributed by atoms with E-state index in [-0.39, 0.29) is 3.42 Å². The quantitative estimate of drug-likeness (QED) is 0.568. The molecule has 1 nitrogen and oxygen atoms in total. The molecule has 0 amide bonds. The fraction of sp³-hybridized carbons (Fsp3) is 0.444. The van der Waals surface area contributed by atoms with Crippen molar-refractivity contribution in [3.05, 3.63) is 29.6 Å². The van der Waals surface area contributed by atoms with E-state index in [1.807, 2.05) is 13.8 Å². The topological polar surface area (TPSA) is 12.9 Å². The Labute approximate surface area is 93.9 Å². The lowest BCUT2D eigenvalue weighted by Gasteiger charge is -2.16. The van der Waals surface area contributed by atoms with Gasteiger partial charge in [0.25, 0.3) is 0 Å². The zero-order valence-corrected chi connectivity index (χ0v) is 9.85. The van der Waals surface area contributed by atoms with Gasteiger partial charge in [0.2, 0.25) is 0 Å². The summed E-state index contributed by atoms with van der Waals surface area (Å²) < 4.78 is 36.5. The van der Waals surface area contributed by atoms with Gasteiger partial charge >= 0.3 is 6.18 Å². The molecule has 0 N–H and O–H groups in total. The van der Waals surface area contributed by atoms with Crippen molar-refractivity contribution in [3.63, 3.8) is 0 Å². The maximum Gasteiger partial charge on any atom is 0.433 e. The van der Waals surface area contributed by atoms with E-state index in [1.54, 1.807) is 6.07 Å². The predicted octanol–water partition coefficient (Wildman–Crippen LogP) is 3.77. The van der Waals surface area contributed by atoms with Crippen molar-refractivity contribution in [3.8, 4) is 0 Å². The molecule has 0 aliphatic heterocycles. The molecule has 1 heterocycles. The van der Waals surface area contributed by atoms with Crippen LogP contribution in [0.3, 0.4) is 0 Å². The highest BCUT2D eigenvalue weighted by atomic mass is 127. The van der Waals surface area contributed by atoms with Crippen LogP contribution in [0, 0.1) is 0 Å². The van der Waals surface area contributed by atoms with Crippen LogP contribution >= 0.6 is 22.6 Å². The molecule has 0 unspecified atom stereocenters. The van der Waals surface area contributed by atoms with Gasteiger partial charge in [-0.2, -0.15) is 13.2 Å². The van der Waals surface area contributed by atoms with Gasteiger partial charge in [-0.1, -0.05) is 28.7 Å². The first kappa shape index (κ1) is 11.7. The summed E-state index contributed by atoms with van der Waals surface area (Å²) in [6, 6.07) is 3.96. The Morgan fingerprint density at radius 3 is 2.07 bits per heavy atom. The van der Waals surface area contributed by atoms with E-state index >= 15 is 0 Å². The number of nitrogens with zero attached hydrogens (tertiary/aromatic N) is 1. The molecule has 0 radical (unpaired) electrons. The van der Waals surface area contributed by atoms with Crippen molar-refractivity contribution in [2.24, 2.45) is 0 Å². The standard InChI is InChI=1S/C9H9F3IN/c1-8(2,13)6-4-3-5-7(14-6)9(10,11)12/h3-5H,1-2H3. The molecule has 1 rings (SSSR count). The molecule has 14 heavy (non-hydrogen) atoms. The van der Waals surface area contributed by atoms with Gasteiger partial charge in [0.05, 0.1) is 9.12 Å². The lowest BCUT2D eigenvalue weighted by molar-refractivity contribution is -0.141. The lowest BCUT2D eigenvalue weighted by Crippen LogP contribution is -2.14. The highest BCUT2D eigenvalue weighted by Gasteiger charge is 2.33. The summed E-state index contributed by atoms with van der Waals surface area (Å²) >= 11 is 2.06. The molecular formula is C9H9F3IN. The molecule has 0 aliphatic rings. The van der Waals surface area contributed by atoms with Crippen LogP contribution in [0.25, 0.3) is 0 Å². The van der Waals surface area contributed by atoms with Crippen molar-refractivity contribution in [1.29, 1.82) is 0 Å². The van der Waals surface area contributed by atoms with Crippen LogP contribution < -0.4 is 0 Å². The van der Waals surface area contributed by atoms with Gasteiger partial charge in [0.15, 0.2) is 0 Å². The molecule has 0 aromatic carbocycles. The second-order valence-corrected chi connectivity index (χ2v) is 6.08. The molecule has 1 aromatic heterocycles. The van der Waals surface area contributed by atoms with Crippen LogP contribution in [0.1, 0.15) is 25.2 Å². The summed E-state index contributed by atoms with van der Waals surface area (Å²) in [5.74, 6) is 0. The van der Waals surface area contributed by atoms with Crippen molar-refractivity contribution in [2.45, 2.75) is 23.4 Å². The van der Waals surface area contributed by atoms with Gasteiger partial charge in [-0.15, -0.1) is 0 Å². The maximum atomic E-state index is 12.3. The third-order valence-corrected chi connectivity index (χ3v) is 2.20. The van der Waals surface area contributed by atoms with Crippen LogP contribution in [0.2, 0.25) is 0 Å². The van der Waals surface area contributed by atoms with E-state index < -0.39 is 11.9 Å². The highest BCUT2D eigenvalue weighted by Crippen LogP contribution is 2.32. The van der Waals surface area contributed by atoms with Crippen LogP contribution in [-0.2, 0) is 9.60 Å². The zero-order chi connectivity index (χ0) is 11.0. The second kappa shape index (κ2) is 3.67. The van der Waals surface area contributed by atoms with E-state index in [4.69, 9.17) is 0 Å². The molecule has 0 spiro atoms. The molecular weight excluding hydrogens is 306 g/mol. The second-order valence-electron chi connectivity index (χ2n) is 3.38. The normalized spacial score (nSPS) is 13.0. The van der Waals surface area contributed by atoms with E-state index in [0.29, 0.717) is 5.69 Å². The maximum absolute atomic E-state index is 12.3. The van der Waals surface area contributed by atoms with E-state index in [1.165, 1.54) is 6.07 Å². The van der Waals surface area contributed by atoms with E-state index in [9.17, 15) is 13.2 Å². The molecule has 0 bridgehead atoms. The highest BCUT2D eigenvalue weighted by molar-refractivity contribution is 14.1. The first-order valence-electron chi connectivity index (χ1n) is 3.95. The minimum atomic E-state index is -4.36. The number of hydrogen-bond acceptors (Lipinski definition) is 1. The zero-order valence-electron chi connectivity index (χ0n) is 7.69. The van der Waals surface area contributed by atoms with Crippen LogP contribution in [-0.4, -0.2) is 4.98 Å². The molecule has 0 atom stereocenters. The van der Waals surface area contributed by atoms with Gasteiger partial charge < -0.3 is 0 Å². The minimum absolute atomic E-state index is 0.390. The number of aromatic nitrogens is 1. The van der Waals surface area contributed by atoms with Crippen LogP contribution in [0.15, 0.2) is 18.2 Å². The number of hydrogen-bond donors (Lipinski definition) is 0. The monoisotopic (exact) mass is 315 g/mol. The Morgan fingerprint density at radius 2 is 1.64 bits per heavy atom. The van der Waals surface area contributed by atoms with Crippen LogP contribution in [0.4, 0.5) is 13.2 Å². The molecule has 0 saturated heterocycles. The number of rotatable bonds is 1. The van der Waals surface area contributed by atoms with Gasteiger partial charge in [0.1, 0.15) is 5.69 Å². The Bertz CT molecular complexity index is 298. The van der Waals surface area contributed by atoms with Gasteiger partial charge in [-0.3, -0.25) is 0 Å². The first-order chi connectivity index (χ1) is 6.21. The van der Waals surface area contributed by atoms with Crippen molar-refractivity contribution in [2.75, 3.05) is 0 Å². The van der Waals surface area contributed by atoms with Gasteiger partial charge in [-0.05, 0) is 26.0 Å². The lowest BCUT2D eigenvalue weighted by atomic mass is 10.1. The summed E-state index contributed by atoms with van der Waals surface area (Å²) in [5.41, 5.74) is -0.396. The SMILES string of the molecule is CC(C)(I)c1cccc(C(F)(F)F)n1.